The molecule has 0 radical (unpaired) electrons. The summed E-state index contributed by atoms with van der Waals surface area (Å²) in [5.41, 5.74) is 0.683. The maximum atomic E-state index is 13.0. The Labute approximate surface area is 113 Å². The summed E-state index contributed by atoms with van der Waals surface area (Å²) in [6, 6.07) is 3.81. The first-order valence-corrected chi connectivity index (χ1v) is 5.94. The molecule has 0 amide bonds. The van der Waals surface area contributed by atoms with Crippen molar-refractivity contribution < 1.29 is 14.3 Å². The zero-order chi connectivity index (χ0) is 14.2. The van der Waals surface area contributed by atoms with Gasteiger partial charge in [-0.2, -0.15) is 0 Å². The quantitative estimate of drug-likeness (QED) is 0.940. The van der Waals surface area contributed by atoms with Gasteiger partial charge in [-0.3, -0.25) is 0 Å². The number of hydrogen-bond donors (Lipinski definition) is 1. The van der Waals surface area contributed by atoms with Crippen molar-refractivity contribution in [3.05, 3.63) is 40.4 Å². The molecule has 0 saturated carbocycles. The fourth-order valence-corrected chi connectivity index (χ4v) is 2.04. The molecule has 0 aliphatic heterocycles. The number of rotatable bonds is 3. The smallest absolute Gasteiger partial charge is 0.358 e. The van der Waals surface area contributed by atoms with E-state index in [1.807, 2.05) is 13.8 Å². The molecular weight excluding hydrogens is 273 g/mol. The number of carbonyl (C=O) groups is 1. The van der Waals surface area contributed by atoms with Gasteiger partial charge in [0.2, 0.25) is 0 Å². The number of aromatic nitrogens is 3. The molecule has 1 N–H and O–H groups in total. The Morgan fingerprint density at radius 3 is 2.68 bits per heavy atom. The van der Waals surface area contributed by atoms with Gasteiger partial charge < -0.3 is 5.11 Å². The first-order valence-electron chi connectivity index (χ1n) is 5.56. The van der Waals surface area contributed by atoms with Crippen molar-refractivity contribution in [1.82, 2.24) is 15.0 Å². The van der Waals surface area contributed by atoms with Crippen LogP contribution in [0.1, 0.15) is 35.9 Å². The van der Waals surface area contributed by atoms with Gasteiger partial charge in [-0.25, -0.2) is 13.9 Å². The lowest BCUT2D eigenvalue weighted by atomic mass is 10.1. The maximum Gasteiger partial charge on any atom is 0.358 e. The van der Waals surface area contributed by atoms with Gasteiger partial charge in [-0.05, 0) is 24.1 Å². The van der Waals surface area contributed by atoms with E-state index in [4.69, 9.17) is 16.7 Å². The van der Waals surface area contributed by atoms with E-state index in [1.165, 1.54) is 16.8 Å². The standard InChI is InChI=1S/C12H11ClFN3O2/c1-6(2)11-10(12(18)19)15-16-17(11)9-4-3-7(14)5-8(9)13/h3-6H,1-2H3,(H,18,19). The van der Waals surface area contributed by atoms with Crippen molar-refractivity contribution in [2.24, 2.45) is 0 Å². The van der Waals surface area contributed by atoms with Crippen molar-refractivity contribution in [1.29, 1.82) is 0 Å². The summed E-state index contributed by atoms with van der Waals surface area (Å²) < 4.78 is 14.4. The van der Waals surface area contributed by atoms with Gasteiger partial charge in [0, 0.05) is 0 Å². The minimum Gasteiger partial charge on any atom is -0.476 e. The Morgan fingerprint density at radius 2 is 2.16 bits per heavy atom. The topological polar surface area (TPSA) is 68.0 Å². The van der Waals surface area contributed by atoms with Crippen LogP contribution in [0.5, 0.6) is 0 Å². The highest BCUT2D eigenvalue weighted by atomic mass is 35.5. The fourth-order valence-electron chi connectivity index (χ4n) is 1.79. The molecule has 0 saturated heterocycles. The zero-order valence-electron chi connectivity index (χ0n) is 10.3. The SMILES string of the molecule is CC(C)c1c(C(=O)O)nnn1-c1ccc(F)cc1Cl. The monoisotopic (exact) mass is 283 g/mol. The number of nitrogens with zero attached hydrogens (tertiary/aromatic N) is 3. The fraction of sp³-hybridized carbons (Fsp3) is 0.250. The van der Waals surface area contributed by atoms with Crippen molar-refractivity contribution in [3.63, 3.8) is 0 Å². The van der Waals surface area contributed by atoms with Gasteiger partial charge in [0.05, 0.1) is 16.4 Å². The summed E-state index contributed by atoms with van der Waals surface area (Å²) in [6.45, 7) is 3.64. The zero-order valence-corrected chi connectivity index (χ0v) is 11.0. The van der Waals surface area contributed by atoms with Crippen LogP contribution >= 0.6 is 11.6 Å². The number of hydrogen-bond acceptors (Lipinski definition) is 3. The molecule has 2 aromatic rings. The highest BCUT2D eigenvalue weighted by Crippen LogP contribution is 2.26. The highest BCUT2D eigenvalue weighted by molar-refractivity contribution is 6.32. The Hall–Kier alpha value is -1.95. The molecular formula is C12H11ClFN3O2. The van der Waals surface area contributed by atoms with Gasteiger partial charge >= 0.3 is 5.97 Å². The first-order chi connectivity index (χ1) is 8.91. The molecule has 0 atom stereocenters. The van der Waals surface area contributed by atoms with E-state index in [0.717, 1.165) is 6.07 Å². The lowest BCUT2D eigenvalue weighted by Crippen LogP contribution is -2.09. The highest BCUT2D eigenvalue weighted by Gasteiger charge is 2.23. The molecule has 1 aromatic heterocycles. The molecule has 7 heteroatoms. The summed E-state index contributed by atoms with van der Waals surface area (Å²) in [4.78, 5) is 11.1. The predicted octanol–water partition coefficient (Wildman–Crippen LogP) is 2.88. The summed E-state index contributed by atoms with van der Waals surface area (Å²) in [7, 11) is 0. The number of aromatic carboxylic acids is 1. The Balaban J connectivity index is 2.65. The van der Waals surface area contributed by atoms with Crippen LogP contribution in [0, 0.1) is 5.82 Å². The number of benzene rings is 1. The Kier molecular flexibility index (Phi) is 3.53. The van der Waals surface area contributed by atoms with Crippen LogP contribution in [0.3, 0.4) is 0 Å². The molecule has 19 heavy (non-hydrogen) atoms. The second-order valence-corrected chi connectivity index (χ2v) is 4.70. The molecule has 1 aromatic carbocycles. The third-order valence-corrected chi connectivity index (χ3v) is 2.90. The van der Waals surface area contributed by atoms with E-state index in [-0.39, 0.29) is 16.6 Å². The van der Waals surface area contributed by atoms with Crippen LogP contribution in [-0.2, 0) is 0 Å². The summed E-state index contributed by atoms with van der Waals surface area (Å²) in [5, 5.41) is 16.7. The van der Waals surface area contributed by atoms with Gasteiger partial charge in [-0.1, -0.05) is 30.7 Å². The minimum absolute atomic E-state index is 0.123. The van der Waals surface area contributed by atoms with Gasteiger partial charge in [0.25, 0.3) is 0 Å². The molecule has 0 unspecified atom stereocenters. The maximum absolute atomic E-state index is 13.0. The lowest BCUT2D eigenvalue weighted by molar-refractivity contribution is 0.0688. The minimum atomic E-state index is -1.16. The van der Waals surface area contributed by atoms with Crippen LogP contribution in [0.2, 0.25) is 5.02 Å². The van der Waals surface area contributed by atoms with E-state index in [1.54, 1.807) is 0 Å². The molecule has 0 aliphatic rings. The molecule has 0 aliphatic carbocycles. The van der Waals surface area contributed by atoms with Gasteiger partial charge in [0.1, 0.15) is 5.82 Å². The van der Waals surface area contributed by atoms with Crippen LogP contribution in [0.25, 0.3) is 5.69 Å². The van der Waals surface area contributed by atoms with Crippen LogP contribution in [0.15, 0.2) is 18.2 Å². The molecule has 1 heterocycles. The van der Waals surface area contributed by atoms with E-state index in [2.05, 4.69) is 10.3 Å². The van der Waals surface area contributed by atoms with Crippen LogP contribution in [0.4, 0.5) is 4.39 Å². The number of carboxylic acid groups (broad SMARTS) is 1. The molecule has 0 fully saturated rings. The van der Waals surface area contributed by atoms with Crippen molar-refractivity contribution in [3.8, 4) is 5.69 Å². The third kappa shape index (κ3) is 2.44. The number of carboxylic acids is 1. The Bertz CT molecular complexity index is 640. The van der Waals surface area contributed by atoms with E-state index in [0.29, 0.717) is 11.4 Å². The predicted molar refractivity (Wildman–Crippen MR) is 67.4 cm³/mol. The number of halogens is 2. The molecule has 5 nitrogen and oxygen atoms in total. The first kappa shape index (κ1) is 13.5. The molecule has 0 bridgehead atoms. The largest absolute Gasteiger partial charge is 0.476 e. The van der Waals surface area contributed by atoms with Crippen LogP contribution < -0.4 is 0 Å². The molecule has 2 rings (SSSR count). The van der Waals surface area contributed by atoms with Crippen molar-refractivity contribution in [2.45, 2.75) is 19.8 Å². The van der Waals surface area contributed by atoms with E-state index in [9.17, 15) is 9.18 Å². The average Bonchev–Trinajstić information content (AvgIpc) is 2.73. The molecule has 100 valence electrons. The summed E-state index contributed by atoms with van der Waals surface area (Å²) >= 11 is 5.95. The third-order valence-electron chi connectivity index (χ3n) is 2.59. The van der Waals surface area contributed by atoms with Crippen molar-refractivity contribution in [2.75, 3.05) is 0 Å². The second-order valence-electron chi connectivity index (χ2n) is 4.29. The second kappa shape index (κ2) is 4.97. The van der Waals surface area contributed by atoms with Gasteiger partial charge in [-0.15, -0.1) is 5.10 Å². The summed E-state index contributed by atoms with van der Waals surface area (Å²) in [5.74, 6) is -1.76. The van der Waals surface area contributed by atoms with Crippen molar-refractivity contribution >= 4 is 17.6 Å². The van der Waals surface area contributed by atoms with Gasteiger partial charge in [0.15, 0.2) is 5.69 Å². The van der Waals surface area contributed by atoms with Crippen LogP contribution in [-0.4, -0.2) is 26.1 Å². The van der Waals surface area contributed by atoms with E-state index < -0.39 is 11.8 Å². The lowest BCUT2D eigenvalue weighted by Gasteiger charge is -2.11. The normalized spacial score (nSPS) is 11.0. The Morgan fingerprint density at radius 1 is 1.47 bits per heavy atom. The molecule has 0 spiro atoms. The van der Waals surface area contributed by atoms with E-state index >= 15 is 0 Å². The summed E-state index contributed by atoms with van der Waals surface area (Å²) in [6.07, 6.45) is 0. The average molecular weight is 284 g/mol.